The van der Waals surface area contributed by atoms with Crippen LogP contribution in [0.3, 0.4) is 0 Å². The second-order valence-corrected chi connectivity index (χ2v) is 5.95. The molecule has 0 aliphatic heterocycles. The first kappa shape index (κ1) is 12.5. The summed E-state index contributed by atoms with van der Waals surface area (Å²) in [5.41, 5.74) is 1.86. The first-order chi connectivity index (χ1) is 9.16. The van der Waals surface area contributed by atoms with Gasteiger partial charge in [-0.05, 0) is 55.9 Å². The molecule has 1 aromatic rings. The maximum Gasteiger partial charge on any atom is 0.292 e. The van der Waals surface area contributed by atoms with Gasteiger partial charge >= 0.3 is 0 Å². The molecule has 1 aromatic carbocycles. The summed E-state index contributed by atoms with van der Waals surface area (Å²) in [5.74, 6) is 2.45. The van der Waals surface area contributed by atoms with E-state index in [2.05, 4.69) is 5.32 Å². The van der Waals surface area contributed by atoms with Crippen LogP contribution in [0.2, 0.25) is 0 Å². The van der Waals surface area contributed by atoms with Gasteiger partial charge in [-0.25, -0.2) is 0 Å². The Labute approximate surface area is 113 Å². The van der Waals surface area contributed by atoms with E-state index in [0.29, 0.717) is 5.69 Å². The molecule has 102 valence electrons. The lowest BCUT2D eigenvalue weighted by atomic mass is 9.97. The second-order valence-electron chi connectivity index (χ2n) is 5.95. The molecule has 0 amide bonds. The maximum absolute atomic E-state index is 11.1. The number of nitrogens with one attached hydrogen (secondary N) is 1. The molecular weight excluding hydrogens is 240 g/mol. The third-order valence-corrected chi connectivity index (χ3v) is 4.42. The van der Waals surface area contributed by atoms with E-state index in [1.54, 1.807) is 12.1 Å². The van der Waals surface area contributed by atoms with Crippen molar-refractivity contribution >= 4 is 11.4 Å². The summed E-state index contributed by atoms with van der Waals surface area (Å²) in [6.07, 6.45) is 5.38. The molecule has 0 aromatic heterocycles. The Morgan fingerprint density at radius 2 is 1.95 bits per heavy atom. The minimum Gasteiger partial charge on any atom is -0.379 e. The van der Waals surface area contributed by atoms with E-state index in [9.17, 15) is 10.1 Å². The van der Waals surface area contributed by atoms with E-state index in [4.69, 9.17) is 0 Å². The van der Waals surface area contributed by atoms with Gasteiger partial charge in [0.05, 0.1) is 4.92 Å². The van der Waals surface area contributed by atoms with Gasteiger partial charge in [0, 0.05) is 12.6 Å². The number of para-hydroxylation sites is 1. The first-order valence-electron chi connectivity index (χ1n) is 7.14. The normalized spacial score (nSPS) is 18.6. The van der Waals surface area contributed by atoms with Gasteiger partial charge in [-0.15, -0.1) is 0 Å². The van der Waals surface area contributed by atoms with Crippen LogP contribution in [0.4, 0.5) is 11.4 Å². The Kier molecular flexibility index (Phi) is 3.17. The Morgan fingerprint density at radius 1 is 1.32 bits per heavy atom. The molecule has 0 spiro atoms. The monoisotopic (exact) mass is 260 g/mol. The van der Waals surface area contributed by atoms with Crippen molar-refractivity contribution in [2.45, 2.75) is 32.6 Å². The molecule has 4 heteroatoms. The van der Waals surface area contributed by atoms with Gasteiger partial charge in [-0.2, -0.15) is 0 Å². The highest BCUT2D eigenvalue weighted by molar-refractivity contribution is 5.66. The highest BCUT2D eigenvalue weighted by Crippen LogP contribution is 2.49. The number of hydrogen-bond acceptors (Lipinski definition) is 3. The number of nitro benzene ring substituents is 1. The van der Waals surface area contributed by atoms with Crippen molar-refractivity contribution in [3.8, 4) is 0 Å². The largest absolute Gasteiger partial charge is 0.379 e. The van der Waals surface area contributed by atoms with Crippen LogP contribution in [0.15, 0.2) is 18.2 Å². The Bertz CT molecular complexity index is 481. The van der Waals surface area contributed by atoms with Crippen molar-refractivity contribution in [1.82, 2.24) is 0 Å². The summed E-state index contributed by atoms with van der Waals surface area (Å²) < 4.78 is 0. The zero-order chi connectivity index (χ0) is 13.4. The minimum absolute atomic E-state index is 0.199. The van der Waals surface area contributed by atoms with Crippen LogP contribution in [0.1, 0.15) is 31.2 Å². The molecular formula is C15H20N2O2. The smallest absolute Gasteiger partial charge is 0.292 e. The summed E-state index contributed by atoms with van der Waals surface area (Å²) in [6.45, 7) is 2.82. The molecule has 2 fully saturated rings. The molecule has 3 rings (SSSR count). The van der Waals surface area contributed by atoms with Crippen molar-refractivity contribution in [1.29, 1.82) is 0 Å². The number of nitrogens with zero attached hydrogens (tertiary/aromatic N) is 1. The molecule has 2 saturated carbocycles. The Balaban J connectivity index is 1.73. The van der Waals surface area contributed by atoms with Crippen LogP contribution in [0.5, 0.6) is 0 Å². The standard InChI is InChI=1S/C15H20N2O2/c1-10-3-2-4-14(17(18)19)15(10)16-9-13(11-5-6-11)12-7-8-12/h2-4,11-13,16H,5-9H2,1H3. The summed E-state index contributed by atoms with van der Waals surface area (Å²) in [6, 6.07) is 5.26. The van der Waals surface area contributed by atoms with Crippen LogP contribution in [-0.4, -0.2) is 11.5 Å². The molecule has 0 radical (unpaired) electrons. The average molecular weight is 260 g/mol. The molecule has 2 aliphatic rings. The van der Waals surface area contributed by atoms with E-state index in [1.807, 2.05) is 13.0 Å². The van der Waals surface area contributed by atoms with Gasteiger partial charge in [0.25, 0.3) is 5.69 Å². The summed E-state index contributed by atoms with van der Waals surface area (Å²) in [4.78, 5) is 10.8. The molecule has 4 nitrogen and oxygen atoms in total. The van der Waals surface area contributed by atoms with Gasteiger partial charge in [0.15, 0.2) is 0 Å². The van der Waals surface area contributed by atoms with Crippen LogP contribution < -0.4 is 5.32 Å². The number of hydrogen-bond donors (Lipinski definition) is 1. The molecule has 0 atom stereocenters. The van der Waals surface area contributed by atoms with Crippen LogP contribution in [-0.2, 0) is 0 Å². The summed E-state index contributed by atoms with van der Waals surface area (Å²) in [5, 5.41) is 14.4. The number of anilines is 1. The molecule has 1 N–H and O–H groups in total. The predicted octanol–water partition coefficient (Wildman–Crippen LogP) is 3.75. The Morgan fingerprint density at radius 3 is 2.47 bits per heavy atom. The third kappa shape index (κ3) is 2.72. The number of aryl methyl sites for hydroxylation is 1. The lowest BCUT2D eigenvalue weighted by molar-refractivity contribution is -0.384. The summed E-state index contributed by atoms with van der Waals surface area (Å²) >= 11 is 0. The second kappa shape index (κ2) is 4.83. The van der Waals surface area contributed by atoms with Gasteiger partial charge in [0.1, 0.15) is 5.69 Å². The van der Waals surface area contributed by atoms with Crippen molar-refractivity contribution in [3.63, 3.8) is 0 Å². The molecule has 0 bridgehead atoms. The lowest BCUT2D eigenvalue weighted by Gasteiger charge is -2.18. The van der Waals surface area contributed by atoms with E-state index in [-0.39, 0.29) is 10.6 Å². The highest BCUT2D eigenvalue weighted by Gasteiger charge is 2.41. The van der Waals surface area contributed by atoms with Crippen LogP contribution >= 0.6 is 0 Å². The molecule has 19 heavy (non-hydrogen) atoms. The quantitative estimate of drug-likeness (QED) is 0.626. The maximum atomic E-state index is 11.1. The predicted molar refractivity (Wildman–Crippen MR) is 75.3 cm³/mol. The van der Waals surface area contributed by atoms with Crippen LogP contribution in [0, 0.1) is 34.8 Å². The highest BCUT2D eigenvalue weighted by atomic mass is 16.6. The minimum atomic E-state index is -0.293. The zero-order valence-corrected chi connectivity index (χ0v) is 11.3. The first-order valence-corrected chi connectivity index (χ1v) is 7.14. The fourth-order valence-corrected chi connectivity index (χ4v) is 3.02. The van der Waals surface area contributed by atoms with Gasteiger partial charge in [-0.3, -0.25) is 10.1 Å². The number of nitro groups is 1. The zero-order valence-electron chi connectivity index (χ0n) is 11.3. The third-order valence-electron chi connectivity index (χ3n) is 4.42. The van der Waals surface area contributed by atoms with E-state index in [1.165, 1.54) is 25.7 Å². The number of benzene rings is 1. The molecule has 0 saturated heterocycles. The lowest BCUT2D eigenvalue weighted by Crippen LogP contribution is -2.19. The fraction of sp³-hybridized carbons (Fsp3) is 0.600. The van der Waals surface area contributed by atoms with E-state index >= 15 is 0 Å². The van der Waals surface area contributed by atoms with Gasteiger partial charge < -0.3 is 5.32 Å². The molecule has 0 unspecified atom stereocenters. The molecule has 0 heterocycles. The van der Waals surface area contributed by atoms with Gasteiger partial charge in [0.2, 0.25) is 0 Å². The SMILES string of the molecule is Cc1cccc([N+](=O)[O-])c1NCC(C1CC1)C1CC1. The number of rotatable bonds is 6. The van der Waals surface area contributed by atoms with Crippen molar-refractivity contribution in [2.75, 3.05) is 11.9 Å². The molecule has 2 aliphatic carbocycles. The topological polar surface area (TPSA) is 55.2 Å². The average Bonchev–Trinajstić information content (AvgIpc) is 3.25. The van der Waals surface area contributed by atoms with Crippen molar-refractivity contribution < 1.29 is 4.92 Å². The van der Waals surface area contributed by atoms with Crippen molar-refractivity contribution in [2.24, 2.45) is 17.8 Å². The fourth-order valence-electron chi connectivity index (χ4n) is 3.02. The van der Waals surface area contributed by atoms with Crippen LogP contribution in [0.25, 0.3) is 0 Å². The Hall–Kier alpha value is -1.58. The van der Waals surface area contributed by atoms with Gasteiger partial charge in [-0.1, -0.05) is 12.1 Å². The summed E-state index contributed by atoms with van der Waals surface area (Å²) in [7, 11) is 0. The van der Waals surface area contributed by atoms with E-state index < -0.39 is 0 Å². The van der Waals surface area contributed by atoms with E-state index in [0.717, 1.165) is 29.9 Å². The van der Waals surface area contributed by atoms with Crippen molar-refractivity contribution in [3.05, 3.63) is 33.9 Å².